The van der Waals surface area contributed by atoms with Gasteiger partial charge in [-0.15, -0.1) is 11.3 Å². The lowest BCUT2D eigenvalue weighted by molar-refractivity contribution is -0.133. The quantitative estimate of drug-likeness (QED) is 0.378. The number of aromatic nitrogens is 2. The Morgan fingerprint density at radius 2 is 1.83 bits per heavy atom. The molecule has 1 unspecified atom stereocenters. The number of nitrogens with zero attached hydrogens (tertiary/aromatic N) is 3. The summed E-state index contributed by atoms with van der Waals surface area (Å²) in [6.07, 6.45) is 0. The van der Waals surface area contributed by atoms with E-state index in [9.17, 15) is 14.4 Å². The van der Waals surface area contributed by atoms with E-state index in [-0.39, 0.29) is 0 Å². The lowest BCUT2D eigenvalue weighted by atomic mass is 10.0. The minimum absolute atomic E-state index is 0.412. The molecule has 1 aliphatic heterocycles. The van der Waals surface area contributed by atoms with Crippen LogP contribution in [0.4, 0.5) is 10.6 Å². The van der Waals surface area contributed by atoms with Crippen LogP contribution < -0.4 is 10.6 Å². The fourth-order valence-corrected chi connectivity index (χ4v) is 5.11. The van der Waals surface area contributed by atoms with Crippen molar-refractivity contribution in [2.24, 2.45) is 0 Å². The van der Waals surface area contributed by atoms with Crippen molar-refractivity contribution in [1.29, 1.82) is 0 Å². The molecule has 4 amide bonds. The maximum absolute atomic E-state index is 13.1. The van der Waals surface area contributed by atoms with Gasteiger partial charge in [0.2, 0.25) is 5.91 Å². The van der Waals surface area contributed by atoms with Crippen LogP contribution in [-0.2, 0) is 15.1 Å². The van der Waals surface area contributed by atoms with Crippen LogP contribution in [0.15, 0.2) is 72.1 Å². The van der Waals surface area contributed by atoms with Crippen LogP contribution in [0.3, 0.4) is 0 Å². The molecule has 182 valence electrons. The smallest absolute Gasteiger partial charge is 0.319 e. The van der Waals surface area contributed by atoms with Crippen molar-refractivity contribution in [3.05, 3.63) is 88.1 Å². The average Bonchev–Trinajstić information content (AvgIpc) is 3.59. The third-order valence-electron chi connectivity index (χ3n) is 6.24. The van der Waals surface area contributed by atoms with E-state index in [2.05, 4.69) is 16.7 Å². The van der Waals surface area contributed by atoms with Gasteiger partial charge in [-0.2, -0.15) is 5.10 Å². The van der Waals surface area contributed by atoms with Gasteiger partial charge >= 0.3 is 6.03 Å². The number of hydrogen-bond acceptors (Lipinski definition) is 5. The molecule has 1 aliphatic rings. The predicted molar refractivity (Wildman–Crippen MR) is 139 cm³/mol. The number of carbonyl (C=O) groups is 3. The monoisotopic (exact) mass is 499 g/mol. The molecular formula is C27H25N5O3S. The lowest BCUT2D eigenvalue weighted by Crippen LogP contribution is -2.41. The molecular weight excluding hydrogens is 474 g/mol. The molecule has 0 saturated carbocycles. The normalized spacial score (nSPS) is 17.4. The number of benzene rings is 2. The highest BCUT2D eigenvalue weighted by molar-refractivity contribution is 7.10. The number of rotatable bonds is 6. The number of hydrogen-bond donors (Lipinski definition) is 2. The first-order valence-electron chi connectivity index (χ1n) is 11.5. The SMILES string of the molecule is Cc1ccc(C)c(-c2cc(NC(=O)CN3C(=O)NC(C)(c4cccs4)C3=O)n(-c3ccccc3)n2)c1. The number of para-hydroxylation sites is 1. The van der Waals surface area contributed by atoms with Crippen LogP contribution >= 0.6 is 11.3 Å². The number of amides is 4. The lowest BCUT2D eigenvalue weighted by Gasteiger charge is -2.20. The summed E-state index contributed by atoms with van der Waals surface area (Å²) >= 11 is 1.38. The first-order valence-corrected chi connectivity index (χ1v) is 12.4. The molecule has 2 aromatic carbocycles. The molecule has 9 heteroatoms. The summed E-state index contributed by atoms with van der Waals surface area (Å²) in [5.41, 5.74) is 3.40. The largest absolute Gasteiger partial charge is 0.325 e. The van der Waals surface area contributed by atoms with Crippen molar-refractivity contribution in [2.45, 2.75) is 26.3 Å². The third kappa shape index (κ3) is 4.18. The number of imide groups is 1. The maximum Gasteiger partial charge on any atom is 0.325 e. The van der Waals surface area contributed by atoms with E-state index in [1.54, 1.807) is 23.7 Å². The topological polar surface area (TPSA) is 96.3 Å². The maximum atomic E-state index is 13.1. The zero-order chi connectivity index (χ0) is 25.4. The molecule has 2 aromatic heterocycles. The molecule has 2 N–H and O–H groups in total. The average molecular weight is 500 g/mol. The highest BCUT2D eigenvalue weighted by atomic mass is 32.1. The molecule has 0 aliphatic carbocycles. The highest BCUT2D eigenvalue weighted by Gasteiger charge is 2.50. The van der Waals surface area contributed by atoms with Crippen LogP contribution in [0.2, 0.25) is 0 Å². The fourth-order valence-electron chi connectivity index (χ4n) is 4.28. The van der Waals surface area contributed by atoms with Crippen LogP contribution in [0, 0.1) is 13.8 Å². The zero-order valence-electron chi connectivity index (χ0n) is 20.1. The Bertz CT molecular complexity index is 1460. The van der Waals surface area contributed by atoms with E-state index < -0.39 is 29.9 Å². The Balaban J connectivity index is 1.43. The Kier molecular flexibility index (Phi) is 5.93. The number of aryl methyl sites for hydroxylation is 2. The number of urea groups is 1. The van der Waals surface area contributed by atoms with Gasteiger partial charge in [-0.05, 0) is 56.0 Å². The van der Waals surface area contributed by atoms with Crippen molar-refractivity contribution in [1.82, 2.24) is 20.0 Å². The zero-order valence-corrected chi connectivity index (χ0v) is 20.9. The molecule has 0 radical (unpaired) electrons. The second-order valence-electron chi connectivity index (χ2n) is 8.95. The van der Waals surface area contributed by atoms with E-state index in [1.165, 1.54) is 11.3 Å². The van der Waals surface area contributed by atoms with Crippen molar-refractivity contribution in [3.8, 4) is 16.9 Å². The second kappa shape index (κ2) is 9.09. The number of thiophene rings is 1. The van der Waals surface area contributed by atoms with E-state index in [1.807, 2.05) is 67.8 Å². The molecule has 8 nitrogen and oxygen atoms in total. The van der Waals surface area contributed by atoms with Crippen LogP contribution in [0.25, 0.3) is 16.9 Å². The summed E-state index contributed by atoms with van der Waals surface area (Å²) in [5.74, 6) is -0.522. The highest BCUT2D eigenvalue weighted by Crippen LogP contribution is 2.32. The van der Waals surface area contributed by atoms with Crippen molar-refractivity contribution in [2.75, 3.05) is 11.9 Å². The van der Waals surface area contributed by atoms with Crippen LogP contribution in [0.5, 0.6) is 0 Å². The Morgan fingerprint density at radius 3 is 2.56 bits per heavy atom. The fraction of sp³-hybridized carbons (Fsp3) is 0.185. The summed E-state index contributed by atoms with van der Waals surface area (Å²) in [6, 6.07) is 20.4. The van der Waals surface area contributed by atoms with Crippen LogP contribution in [-0.4, -0.2) is 39.1 Å². The van der Waals surface area contributed by atoms with E-state index in [4.69, 9.17) is 5.10 Å². The van der Waals surface area contributed by atoms with Crippen LogP contribution in [0.1, 0.15) is 22.9 Å². The summed E-state index contributed by atoms with van der Waals surface area (Å²) in [6.45, 7) is 5.26. The van der Waals surface area contributed by atoms with E-state index >= 15 is 0 Å². The van der Waals surface area contributed by atoms with E-state index in [0.717, 1.165) is 27.3 Å². The predicted octanol–water partition coefficient (Wildman–Crippen LogP) is 4.62. The second-order valence-corrected chi connectivity index (χ2v) is 9.90. The first kappa shape index (κ1) is 23.5. The van der Waals surface area contributed by atoms with Gasteiger partial charge in [-0.25, -0.2) is 9.48 Å². The molecule has 36 heavy (non-hydrogen) atoms. The summed E-state index contributed by atoms with van der Waals surface area (Å²) in [5, 5.41) is 12.2. The molecule has 1 atom stereocenters. The van der Waals surface area contributed by atoms with Gasteiger partial charge in [0.05, 0.1) is 11.4 Å². The van der Waals surface area contributed by atoms with Gasteiger partial charge in [0.15, 0.2) is 5.54 Å². The van der Waals surface area contributed by atoms with Crippen molar-refractivity contribution in [3.63, 3.8) is 0 Å². The van der Waals surface area contributed by atoms with Crippen molar-refractivity contribution >= 4 is 35.0 Å². The number of nitrogens with one attached hydrogen (secondary N) is 2. The number of anilines is 1. The van der Waals surface area contributed by atoms with Gasteiger partial charge in [-0.3, -0.25) is 14.5 Å². The molecule has 3 heterocycles. The number of carbonyl (C=O) groups excluding carboxylic acids is 3. The molecule has 1 fully saturated rings. The van der Waals surface area contributed by atoms with Gasteiger partial charge in [0.1, 0.15) is 12.4 Å². The van der Waals surface area contributed by atoms with Gasteiger partial charge in [0, 0.05) is 16.5 Å². The van der Waals surface area contributed by atoms with Gasteiger partial charge in [0.25, 0.3) is 5.91 Å². The Hall–Kier alpha value is -4.24. The molecule has 4 aromatic rings. The third-order valence-corrected chi connectivity index (χ3v) is 7.33. The first-order chi connectivity index (χ1) is 17.3. The van der Waals surface area contributed by atoms with Crippen molar-refractivity contribution < 1.29 is 14.4 Å². The van der Waals surface area contributed by atoms with E-state index in [0.29, 0.717) is 16.4 Å². The minimum Gasteiger partial charge on any atom is -0.319 e. The summed E-state index contributed by atoms with van der Waals surface area (Å²) in [7, 11) is 0. The van der Waals surface area contributed by atoms with Gasteiger partial charge in [-0.1, -0.05) is 42.0 Å². The molecule has 0 bridgehead atoms. The molecule has 5 rings (SSSR count). The minimum atomic E-state index is -1.19. The Morgan fingerprint density at radius 1 is 1.06 bits per heavy atom. The Labute approximate surface area is 212 Å². The molecule has 0 spiro atoms. The standard InChI is InChI=1S/C27H25N5O3S/c1-17-11-12-18(2)20(14-17)21-15-23(32(30-21)19-8-5-4-6-9-19)28-24(33)16-31-25(34)27(3,29-26(31)35)22-10-7-13-36-22/h4-15H,16H2,1-3H3,(H,28,33)(H,29,35). The van der Waals surface area contributed by atoms with Gasteiger partial charge < -0.3 is 10.6 Å². The summed E-state index contributed by atoms with van der Waals surface area (Å²) in [4.78, 5) is 40.5. The summed E-state index contributed by atoms with van der Waals surface area (Å²) < 4.78 is 1.65. The molecule has 1 saturated heterocycles.